The standard InChI is InChI=1S/C13H13N3O3/c1-8-7-11(19-2)15-13(14-8)16-12(18)9-3-5-10(17)6-4-9/h3-7,17H,1-2H3,(H,14,15,16,18). The number of aromatic nitrogens is 2. The minimum absolute atomic E-state index is 0.102. The molecule has 2 rings (SSSR count). The molecule has 0 atom stereocenters. The number of anilines is 1. The topological polar surface area (TPSA) is 84.3 Å². The maximum absolute atomic E-state index is 11.9. The van der Waals surface area contributed by atoms with Gasteiger partial charge in [-0.2, -0.15) is 4.98 Å². The molecule has 1 aromatic heterocycles. The van der Waals surface area contributed by atoms with E-state index in [1.54, 1.807) is 13.0 Å². The Morgan fingerprint density at radius 1 is 1.26 bits per heavy atom. The number of nitrogens with zero attached hydrogens (tertiary/aromatic N) is 2. The summed E-state index contributed by atoms with van der Waals surface area (Å²) in [5.41, 5.74) is 1.09. The Hall–Kier alpha value is -2.63. The van der Waals surface area contributed by atoms with Gasteiger partial charge < -0.3 is 9.84 Å². The molecule has 0 aliphatic rings. The fourth-order valence-electron chi connectivity index (χ4n) is 1.49. The predicted octanol–water partition coefficient (Wildman–Crippen LogP) is 1.75. The van der Waals surface area contributed by atoms with E-state index in [1.165, 1.54) is 31.4 Å². The third kappa shape index (κ3) is 3.19. The Balaban J connectivity index is 2.18. The first-order valence-electron chi connectivity index (χ1n) is 5.58. The van der Waals surface area contributed by atoms with E-state index < -0.39 is 0 Å². The van der Waals surface area contributed by atoms with Crippen LogP contribution in [0.5, 0.6) is 11.6 Å². The van der Waals surface area contributed by atoms with Crippen molar-refractivity contribution in [2.75, 3.05) is 12.4 Å². The molecule has 0 unspecified atom stereocenters. The molecule has 0 fully saturated rings. The molecule has 1 amide bonds. The van der Waals surface area contributed by atoms with Crippen LogP contribution in [0.3, 0.4) is 0 Å². The first-order valence-corrected chi connectivity index (χ1v) is 5.58. The predicted molar refractivity (Wildman–Crippen MR) is 69.4 cm³/mol. The summed E-state index contributed by atoms with van der Waals surface area (Å²) >= 11 is 0. The van der Waals surface area contributed by atoms with Crippen molar-refractivity contribution in [1.82, 2.24) is 9.97 Å². The van der Waals surface area contributed by atoms with Gasteiger partial charge in [-0.3, -0.25) is 10.1 Å². The SMILES string of the molecule is COc1cc(C)nc(NC(=O)c2ccc(O)cc2)n1. The molecule has 1 heterocycles. The van der Waals surface area contributed by atoms with Gasteiger partial charge in [0.25, 0.3) is 5.91 Å². The number of methoxy groups -OCH3 is 1. The van der Waals surface area contributed by atoms with Crippen molar-refractivity contribution in [2.45, 2.75) is 6.92 Å². The van der Waals surface area contributed by atoms with Crippen molar-refractivity contribution in [3.63, 3.8) is 0 Å². The normalized spacial score (nSPS) is 10.0. The van der Waals surface area contributed by atoms with E-state index in [4.69, 9.17) is 9.84 Å². The molecule has 6 nitrogen and oxygen atoms in total. The summed E-state index contributed by atoms with van der Waals surface area (Å²) < 4.78 is 5.00. The Morgan fingerprint density at radius 3 is 2.58 bits per heavy atom. The van der Waals surface area contributed by atoms with E-state index >= 15 is 0 Å². The van der Waals surface area contributed by atoms with E-state index in [-0.39, 0.29) is 17.6 Å². The highest BCUT2D eigenvalue weighted by Gasteiger charge is 2.09. The summed E-state index contributed by atoms with van der Waals surface area (Å²) in [6.45, 7) is 1.78. The van der Waals surface area contributed by atoms with E-state index in [2.05, 4.69) is 15.3 Å². The summed E-state index contributed by atoms with van der Waals surface area (Å²) in [5.74, 6) is 0.307. The quantitative estimate of drug-likeness (QED) is 0.877. The molecule has 6 heteroatoms. The number of ether oxygens (including phenoxy) is 1. The molecule has 0 saturated carbocycles. The second-order valence-electron chi connectivity index (χ2n) is 3.88. The van der Waals surface area contributed by atoms with Crippen LogP contribution in [0.2, 0.25) is 0 Å². The molecule has 1 aromatic carbocycles. The van der Waals surface area contributed by atoms with Crippen LogP contribution >= 0.6 is 0 Å². The van der Waals surface area contributed by atoms with Gasteiger partial charge in [0.05, 0.1) is 7.11 Å². The number of hydrogen-bond acceptors (Lipinski definition) is 5. The Labute approximate surface area is 110 Å². The molecule has 0 spiro atoms. The van der Waals surface area contributed by atoms with E-state index in [0.717, 1.165) is 0 Å². The molecule has 0 aliphatic heterocycles. The third-order valence-electron chi connectivity index (χ3n) is 2.39. The third-order valence-corrected chi connectivity index (χ3v) is 2.39. The summed E-state index contributed by atoms with van der Waals surface area (Å²) in [7, 11) is 1.49. The van der Waals surface area contributed by atoms with Gasteiger partial charge in [0.2, 0.25) is 11.8 Å². The minimum Gasteiger partial charge on any atom is -0.508 e. The van der Waals surface area contributed by atoms with Crippen molar-refractivity contribution in [3.8, 4) is 11.6 Å². The highest BCUT2D eigenvalue weighted by molar-refractivity contribution is 6.03. The minimum atomic E-state index is -0.354. The van der Waals surface area contributed by atoms with Crippen LogP contribution in [-0.4, -0.2) is 28.1 Å². The van der Waals surface area contributed by atoms with Gasteiger partial charge in [0.1, 0.15) is 5.75 Å². The fourth-order valence-corrected chi connectivity index (χ4v) is 1.49. The van der Waals surface area contributed by atoms with Gasteiger partial charge in [0, 0.05) is 17.3 Å². The molecule has 98 valence electrons. The number of nitrogens with one attached hydrogen (secondary N) is 1. The largest absolute Gasteiger partial charge is 0.508 e. The van der Waals surface area contributed by atoms with Crippen molar-refractivity contribution >= 4 is 11.9 Å². The monoisotopic (exact) mass is 259 g/mol. The van der Waals surface area contributed by atoms with Gasteiger partial charge >= 0.3 is 0 Å². The number of carbonyl (C=O) groups excluding carboxylic acids is 1. The number of amides is 1. The van der Waals surface area contributed by atoms with Gasteiger partial charge in [0.15, 0.2) is 0 Å². The molecule has 0 saturated heterocycles. The average Bonchev–Trinajstić information content (AvgIpc) is 2.38. The van der Waals surface area contributed by atoms with Crippen LogP contribution < -0.4 is 10.1 Å². The number of phenols is 1. The molecule has 0 aliphatic carbocycles. The lowest BCUT2D eigenvalue weighted by molar-refractivity contribution is 0.102. The second-order valence-corrected chi connectivity index (χ2v) is 3.88. The van der Waals surface area contributed by atoms with Crippen molar-refractivity contribution in [1.29, 1.82) is 0 Å². The summed E-state index contributed by atoms with van der Waals surface area (Å²) in [4.78, 5) is 20.0. The zero-order valence-corrected chi connectivity index (χ0v) is 10.5. The van der Waals surface area contributed by atoms with Crippen molar-refractivity contribution in [2.24, 2.45) is 0 Å². The van der Waals surface area contributed by atoms with Crippen LogP contribution in [0.4, 0.5) is 5.95 Å². The maximum Gasteiger partial charge on any atom is 0.258 e. The van der Waals surface area contributed by atoms with E-state index in [9.17, 15) is 4.79 Å². The van der Waals surface area contributed by atoms with Gasteiger partial charge in [-0.15, -0.1) is 0 Å². The number of aryl methyl sites for hydroxylation is 1. The van der Waals surface area contributed by atoms with Gasteiger partial charge in [-0.25, -0.2) is 4.98 Å². The number of benzene rings is 1. The summed E-state index contributed by atoms with van der Waals surface area (Å²) in [6.07, 6.45) is 0. The number of aromatic hydroxyl groups is 1. The van der Waals surface area contributed by atoms with Gasteiger partial charge in [-0.1, -0.05) is 0 Å². The van der Waals surface area contributed by atoms with E-state index in [0.29, 0.717) is 17.1 Å². The van der Waals surface area contributed by atoms with Crippen molar-refractivity contribution in [3.05, 3.63) is 41.6 Å². The Bertz CT molecular complexity index is 597. The van der Waals surface area contributed by atoms with Crippen LogP contribution in [0.1, 0.15) is 16.1 Å². The molecule has 2 aromatic rings. The zero-order chi connectivity index (χ0) is 13.8. The lowest BCUT2D eigenvalue weighted by Crippen LogP contribution is -2.14. The first-order chi connectivity index (χ1) is 9.08. The second kappa shape index (κ2) is 5.34. The molecule has 0 bridgehead atoms. The van der Waals surface area contributed by atoms with Gasteiger partial charge in [-0.05, 0) is 31.2 Å². The fraction of sp³-hybridized carbons (Fsp3) is 0.154. The summed E-state index contributed by atoms with van der Waals surface area (Å²) in [5, 5.41) is 11.7. The van der Waals surface area contributed by atoms with Crippen LogP contribution in [-0.2, 0) is 0 Å². The zero-order valence-electron chi connectivity index (χ0n) is 10.5. The summed E-state index contributed by atoms with van der Waals surface area (Å²) in [6, 6.07) is 7.56. The number of hydrogen-bond donors (Lipinski definition) is 2. The molecule has 19 heavy (non-hydrogen) atoms. The first kappa shape index (κ1) is 12.8. The Kier molecular flexibility index (Phi) is 3.61. The number of phenolic OH excluding ortho intramolecular Hbond substituents is 1. The van der Waals surface area contributed by atoms with E-state index in [1.807, 2.05) is 0 Å². The molecular weight excluding hydrogens is 246 g/mol. The smallest absolute Gasteiger partial charge is 0.258 e. The Morgan fingerprint density at radius 2 is 1.95 bits per heavy atom. The van der Waals surface area contributed by atoms with Crippen LogP contribution in [0, 0.1) is 6.92 Å². The number of rotatable bonds is 3. The average molecular weight is 259 g/mol. The lowest BCUT2D eigenvalue weighted by atomic mass is 10.2. The molecule has 0 radical (unpaired) electrons. The van der Waals surface area contributed by atoms with Crippen LogP contribution in [0.15, 0.2) is 30.3 Å². The highest BCUT2D eigenvalue weighted by Crippen LogP contribution is 2.14. The molecular formula is C13H13N3O3. The maximum atomic E-state index is 11.9. The number of carbonyl (C=O) groups is 1. The lowest BCUT2D eigenvalue weighted by Gasteiger charge is -2.06. The van der Waals surface area contributed by atoms with Crippen molar-refractivity contribution < 1.29 is 14.6 Å². The highest BCUT2D eigenvalue weighted by atomic mass is 16.5. The van der Waals surface area contributed by atoms with Crippen LogP contribution in [0.25, 0.3) is 0 Å². The molecule has 2 N–H and O–H groups in total.